The Kier molecular flexibility index (Phi) is 4.38. The van der Waals surface area contributed by atoms with Gasteiger partial charge in [-0.1, -0.05) is 13.3 Å². The van der Waals surface area contributed by atoms with Crippen molar-refractivity contribution in [2.75, 3.05) is 6.54 Å². The first-order valence-corrected chi connectivity index (χ1v) is 6.94. The zero-order chi connectivity index (χ0) is 12.8. The third-order valence-corrected chi connectivity index (χ3v) is 3.98. The predicted octanol–water partition coefficient (Wildman–Crippen LogP) is 2.34. The van der Waals surface area contributed by atoms with E-state index in [1.165, 1.54) is 0 Å². The maximum atomic E-state index is 9.54. The van der Waals surface area contributed by atoms with Crippen molar-refractivity contribution in [1.82, 2.24) is 15.1 Å². The highest BCUT2D eigenvalue weighted by atomic mass is 15.3. The number of aromatic nitrogens is 2. The lowest BCUT2D eigenvalue weighted by molar-refractivity contribution is 0.287. The summed E-state index contributed by atoms with van der Waals surface area (Å²) in [4.78, 5) is 0. The second-order valence-corrected chi connectivity index (χ2v) is 5.16. The number of hydrogen-bond acceptors (Lipinski definition) is 3. The van der Waals surface area contributed by atoms with E-state index in [0.717, 1.165) is 45.2 Å². The maximum absolute atomic E-state index is 9.54. The quantitative estimate of drug-likeness (QED) is 0.838. The molecule has 2 atom stereocenters. The Labute approximate surface area is 109 Å². The molecule has 0 spiro atoms. The first-order valence-electron chi connectivity index (χ1n) is 6.94. The minimum Gasteiger partial charge on any atom is -0.299 e. The standard InChI is InChI=1S/C14H22N4/c1-2-8-16-14(12-15)7-3-5-13(14)6-11-18-10-4-9-17-18/h4,9-10,13,16H,2-3,5-8,11H2,1H3. The molecule has 0 saturated heterocycles. The van der Waals surface area contributed by atoms with Crippen LogP contribution >= 0.6 is 0 Å². The van der Waals surface area contributed by atoms with E-state index >= 15 is 0 Å². The van der Waals surface area contributed by atoms with Crippen LogP contribution in [0.5, 0.6) is 0 Å². The van der Waals surface area contributed by atoms with Crippen molar-refractivity contribution in [1.29, 1.82) is 5.26 Å². The van der Waals surface area contributed by atoms with E-state index in [0.29, 0.717) is 5.92 Å². The van der Waals surface area contributed by atoms with Gasteiger partial charge in [0.15, 0.2) is 0 Å². The Morgan fingerprint density at radius 3 is 3.17 bits per heavy atom. The van der Waals surface area contributed by atoms with Gasteiger partial charge in [-0.3, -0.25) is 10.00 Å². The lowest BCUT2D eigenvalue weighted by Gasteiger charge is -2.30. The first-order chi connectivity index (χ1) is 8.80. The Bertz CT molecular complexity index is 392. The van der Waals surface area contributed by atoms with E-state index in [9.17, 15) is 5.26 Å². The van der Waals surface area contributed by atoms with Crippen molar-refractivity contribution in [2.45, 2.75) is 51.1 Å². The van der Waals surface area contributed by atoms with Gasteiger partial charge in [0.05, 0.1) is 6.07 Å². The van der Waals surface area contributed by atoms with Crippen LogP contribution in [0.1, 0.15) is 39.0 Å². The van der Waals surface area contributed by atoms with Crippen molar-refractivity contribution in [3.63, 3.8) is 0 Å². The van der Waals surface area contributed by atoms with Gasteiger partial charge < -0.3 is 0 Å². The van der Waals surface area contributed by atoms with Crippen LogP contribution < -0.4 is 5.32 Å². The van der Waals surface area contributed by atoms with E-state index in [4.69, 9.17) is 0 Å². The number of nitrogens with zero attached hydrogens (tertiary/aromatic N) is 3. The maximum Gasteiger partial charge on any atom is 0.109 e. The van der Waals surface area contributed by atoms with Crippen LogP contribution in [0, 0.1) is 17.2 Å². The van der Waals surface area contributed by atoms with Gasteiger partial charge in [0.1, 0.15) is 5.54 Å². The molecule has 1 saturated carbocycles. The van der Waals surface area contributed by atoms with Crippen molar-refractivity contribution in [2.24, 2.45) is 5.92 Å². The van der Waals surface area contributed by atoms with Crippen molar-refractivity contribution < 1.29 is 0 Å². The second kappa shape index (κ2) is 6.01. The second-order valence-electron chi connectivity index (χ2n) is 5.16. The van der Waals surface area contributed by atoms with Gasteiger partial charge in [-0.25, -0.2) is 0 Å². The molecule has 1 aliphatic rings. The van der Waals surface area contributed by atoms with Crippen LogP contribution in [0.3, 0.4) is 0 Å². The number of nitrogens with one attached hydrogen (secondary N) is 1. The average molecular weight is 246 g/mol. The summed E-state index contributed by atoms with van der Waals surface area (Å²) < 4.78 is 1.96. The fourth-order valence-electron chi connectivity index (χ4n) is 2.96. The molecule has 1 fully saturated rings. The van der Waals surface area contributed by atoms with Gasteiger partial charge in [-0.05, 0) is 44.2 Å². The Morgan fingerprint density at radius 1 is 1.61 bits per heavy atom. The third-order valence-electron chi connectivity index (χ3n) is 3.98. The molecule has 4 nitrogen and oxygen atoms in total. The van der Waals surface area contributed by atoms with Gasteiger partial charge in [-0.2, -0.15) is 10.4 Å². The number of hydrogen-bond donors (Lipinski definition) is 1. The van der Waals surface area contributed by atoms with Crippen molar-refractivity contribution >= 4 is 0 Å². The van der Waals surface area contributed by atoms with Crippen LogP contribution in [-0.2, 0) is 6.54 Å². The monoisotopic (exact) mass is 246 g/mol. The fourth-order valence-corrected chi connectivity index (χ4v) is 2.96. The lowest BCUT2D eigenvalue weighted by Crippen LogP contribution is -2.47. The Morgan fingerprint density at radius 2 is 2.50 bits per heavy atom. The highest BCUT2D eigenvalue weighted by Gasteiger charge is 2.42. The summed E-state index contributed by atoms with van der Waals surface area (Å²) in [6.45, 7) is 3.99. The van der Waals surface area contributed by atoms with E-state index < -0.39 is 0 Å². The topological polar surface area (TPSA) is 53.6 Å². The summed E-state index contributed by atoms with van der Waals surface area (Å²) in [5, 5.41) is 17.2. The van der Waals surface area contributed by atoms with E-state index in [-0.39, 0.29) is 5.54 Å². The zero-order valence-electron chi connectivity index (χ0n) is 11.1. The largest absolute Gasteiger partial charge is 0.299 e. The number of rotatable bonds is 6. The van der Waals surface area contributed by atoms with Crippen LogP contribution in [0.25, 0.3) is 0 Å². The smallest absolute Gasteiger partial charge is 0.109 e. The molecule has 1 heterocycles. The fraction of sp³-hybridized carbons (Fsp3) is 0.714. The SMILES string of the molecule is CCCNC1(C#N)CCCC1CCn1cccn1. The number of aryl methyl sites for hydroxylation is 1. The van der Waals surface area contributed by atoms with Crippen LogP contribution in [0.15, 0.2) is 18.5 Å². The Hall–Kier alpha value is -1.34. The van der Waals surface area contributed by atoms with Gasteiger partial charge in [0, 0.05) is 18.9 Å². The molecule has 2 unspecified atom stereocenters. The molecular formula is C14H22N4. The lowest BCUT2D eigenvalue weighted by atomic mass is 9.85. The summed E-state index contributed by atoms with van der Waals surface area (Å²) in [6, 6.07) is 4.50. The molecule has 1 aromatic heterocycles. The van der Waals surface area contributed by atoms with Gasteiger partial charge in [-0.15, -0.1) is 0 Å². The van der Waals surface area contributed by atoms with E-state index in [1.807, 2.05) is 23.1 Å². The van der Waals surface area contributed by atoms with Crippen molar-refractivity contribution in [3.05, 3.63) is 18.5 Å². The molecule has 4 heteroatoms. The highest BCUT2D eigenvalue weighted by Crippen LogP contribution is 2.37. The molecule has 1 N–H and O–H groups in total. The summed E-state index contributed by atoms with van der Waals surface area (Å²) in [6.07, 6.45) is 9.22. The molecule has 0 amide bonds. The molecule has 2 rings (SSSR count). The van der Waals surface area contributed by atoms with E-state index in [1.54, 1.807) is 0 Å². The number of nitriles is 1. The minimum atomic E-state index is -0.289. The van der Waals surface area contributed by atoms with Crippen LogP contribution in [0.2, 0.25) is 0 Å². The minimum absolute atomic E-state index is 0.289. The third kappa shape index (κ3) is 2.73. The summed E-state index contributed by atoms with van der Waals surface area (Å²) in [5.74, 6) is 0.457. The van der Waals surface area contributed by atoms with Crippen LogP contribution in [-0.4, -0.2) is 21.9 Å². The van der Waals surface area contributed by atoms with Gasteiger partial charge in [0.2, 0.25) is 0 Å². The molecule has 0 aromatic carbocycles. The van der Waals surface area contributed by atoms with Gasteiger partial charge >= 0.3 is 0 Å². The Balaban J connectivity index is 1.95. The van der Waals surface area contributed by atoms with Crippen molar-refractivity contribution in [3.8, 4) is 6.07 Å². The molecule has 0 radical (unpaired) electrons. The molecule has 1 aliphatic carbocycles. The zero-order valence-corrected chi connectivity index (χ0v) is 11.1. The van der Waals surface area contributed by atoms with Gasteiger partial charge in [0.25, 0.3) is 0 Å². The summed E-state index contributed by atoms with van der Waals surface area (Å²) >= 11 is 0. The molecule has 98 valence electrons. The normalized spacial score (nSPS) is 27.2. The highest BCUT2D eigenvalue weighted by molar-refractivity contribution is 5.13. The molecule has 0 bridgehead atoms. The molecule has 1 aromatic rings. The summed E-state index contributed by atoms with van der Waals surface area (Å²) in [7, 11) is 0. The average Bonchev–Trinajstić information content (AvgIpc) is 3.04. The van der Waals surface area contributed by atoms with Crippen LogP contribution in [0.4, 0.5) is 0 Å². The molecule has 18 heavy (non-hydrogen) atoms. The summed E-state index contributed by atoms with van der Waals surface area (Å²) in [5.41, 5.74) is -0.289. The predicted molar refractivity (Wildman–Crippen MR) is 70.8 cm³/mol. The molecular weight excluding hydrogens is 224 g/mol. The first kappa shape index (κ1) is 13.1. The van der Waals surface area contributed by atoms with E-state index in [2.05, 4.69) is 23.4 Å². The molecule has 0 aliphatic heterocycles.